The van der Waals surface area contributed by atoms with Crippen LogP contribution in [0.4, 0.5) is 11.6 Å². The molecule has 0 bridgehead atoms. The second-order valence-corrected chi connectivity index (χ2v) is 7.37. The molecule has 0 spiro atoms. The Hall–Kier alpha value is -3.98. The summed E-state index contributed by atoms with van der Waals surface area (Å²) in [5.41, 5.74) is 7.74. The molecular formula is C22H20N6O3. The molecule has 1 aliphatic heterocycles. The maximum atomic E-state index is 12.2. The third-order valence-corrected chi connectivity index (χ3v) is 5.48. The predicted molar refractivity (Wildman–Crippen MR) is 117 cm³/mol. The summed E-state index contributed by atoms with van der Waals surface area (Å²) < 4.78 is 7.54. The number of nitrogens with one attached hydrogen (secondary N) is 1. The topological polar surface area (TPSA) is 121 Å². The third kappa shape index (κ3) is 3.34. The number of aromatic nitrogens is 3. The molecule has 1 fully saturated rings. The molecule has 5 rings (SSSR count). The largest absolute Gasteiger partial charge is 0.457 e. The Morgan fingerprint density at radius 2 is 1.84 bits per heavy atom. The number of hydrogen-bond acceptors (Lipinski definition) is 7. The summed E-state index contributed by atoms with van der Waals surface area (Å²) in [4.78, 5) is 20.3. The van der Waals surface area contributed by atoms with Crippen molar-refractivity contribution in [3.8, 4) is 22.6 Å². The molecule has 1 atom stereocenters. The van der Waals surface area contributed by atoms with E-state index in [1.165, 1.54) is 6.33 Å². The molecule has 1 saturated heterocycles. The van der Waals surface area contributed by atoms with E-state index >= 15 is 0 Å². The quantitative estimate of drug-likeness (QED) is 0.374. The van der Waals surface area contributed by atoms with Gasteiger partial charge in [0.25, 0.3) is 0 Å². The van der Waals surface area contributed by atoms with E-state index in [0.717, 1.165) is 13.0 Å². The van der Waals surface area contributed by atoms with Crippen LogP contribution in [0.15, 0.2) is 60.9 Å². The third-order valence-electron chi connectivity index (χ3n) is 5.48. The second kappa shape index (κ2) is 7.69. The van der Waals surface area contributed by atoms with Crippen LogP contribution >= 0.6 is 0 Å². The van der Waals surface area contributed by atoms with Crippen LogP contribution in [-0.4, -0.2) is 32.5 Å². The van der Waals surface area contributed by atoms with Crippen molar-refractivity contribution in [3.63, 3.8) is 0 Å². The van der Waals surface area contributed by atoms with Gasteiger partial charge in [0.1, 0.15) is 29.7 Å². The lowest BCUT2D eigenvalue weighted by Crippen LogP contribution is -2.15. The molecule has 0 amide bonds. The Morgan fingerprint density at radius 3 is 2.52 bits per heavy atom. The van der Waals surface area contributed by atoms with Gasteiger partial charge in [0.05, 0.1) is 10.9 Å². The van der Waals surface area contributed by atoms with E-state index in [0.29, 0.717) is 40.2 Å². The Balaban J connectivity index is 1.65. The van der Waals surface area contributed by atoms with Crippen LogP contribution in [0.3, 0.4) is 0 Å². The summed E-state index contributed by atoms with van der Waals surface area (Å²) >= 11 is 0. The fraction of sp³-hybridized carbons (Fsp3) is 0.182. The zero-order chi connectivity index (χ0) is 21.4. The fourth-order valence-corrected chi connectivity index (χ4v) is 4.12. The zero-order valence-electron chi connectivity index (χ0n) is 16.6. The number of ether oxygens (including phenoxy) is 1. The number of para-hydroxylation sites is 1. The van der Waals surface area contributed by atoms with Gasteiger partial charge in [-0.25, -0.2) is 9.55 Å². The lowest BCUT2D eigenvalue weighted by atomic mass is 10.0. The molecule has 31 heavy (non-hydrogen) atoms. The van der Waals surface area contributed by atoms with Crippen LogP contribution in [0.5, 0.6) is 11.5 Å². The van der Waals surface area contributed by atoms with Crippen molar-refractivity contribution in [2.45, 2.75) is 12.5 Å². The van der Waals surface area contributed by atoms with Crippen molar-refractivity contribution in [2.75, 3.05) is 18.8 Å². The van der Waals surface area contributed by atoms with Crippen LogP contribution in [0, 0.1) is 10.1 Å². The van der Waals surface area contributed by atoms with Crippen LogP contribution < -0.4 is 15.8 Å². The van der Waals surface area contributed by atoms with Gasteiger partial charge in [0.15, 0.2) is 0 Å². The highest BCUT2D eigenvalue weighted by Crippen LogP contribution is 2.44. The second-order valence-electron chi connectivity index (χ2n) is 7.37. The summed E-state index contributed by atoms with van der Waals surface area (Å²) in [5.74, 6) is 1.54. The van der Waals surface area contributed by atoms with E-state index in [-0.39, 0.29) is 22.6 Å². The van der Waals surface area contributed by atoms with Crippen molar-refractivity contribution in [1.82, 2.24) is 19.9 Å². The number of anilines is 1. The van der Waals surface area contributed by atoms with E-state index in [4.69, 9.17) is 10.5 Å². The molecule has 2 aromatic heterocycles. The first-order valence-electron chi connectivity index (χ1n) is 9.96. The molecule has 0 unspecified atom stereocenters. The van der Waals surface area contributed by atoms with Crippen molar-refractivity contribution >= 4 is 22.7 Å². The SMILES string of the molecule is Nc1ncnc2c1c(-c1ccc(Oc3ccccc3)cc1)c([N+](=O)[O-])n2[C@@H]1CCNC1. The van der Waals surface area contributed by atoms with Gasteiger partial charge in [-0.15, -0.1) is 0 Å². The minimum absolute atomic E-state index is 0.0207. The molecule has 0 aliphatic carbocycles. The lowest BCUT2D eigenvalue weighted by molar-refractivity contribution is -0.391. The van der Waals surface area contributed by atoms with Gasteiger partial charge in [0.2, 0.25) is 5.65 Å². The highest BCUT2D eigenvalue weighted by molar-refractivity contribution is 6.05. The monoisotopic (exact) mass is 416 g/mol. The number of nitrogen functional groups attached to an aromatic ring is 1. The number of benzene rings is 2. The summed E-state index contributed by atoms with van der Waals surface area (Å²) in [6, 6.07) is 16.5. The van der Waals surface area contributed by atoms with Gasteiger partial charge in [-0.2, -0.15) is 4.98 Å². The van der Waals surface area contributed by atoms with Gasteiger partial charge >= 0.3 is 5.82 Å². The van der Waals surface area contributed by atoms with Gasteiger partial charge in [-0.1, -0.05) is 30.3 Å². The highest BCUT2D eigenvalue weighted by Gasteiger charge is 2.36. The summed E-state index contributed by atoms with van der Waals surface area (Å²) in [7, 11) is 0. The number of hydrogen-bond donors (Lipinski definition) is 2. The van der Waals surface area contributed by atoms with E-state index in [2.05, 4.69) is 15.3 Å². The molecule has 2 aromatic carbocycles. The van der Waals surface area contributed by atoms with Crippen molar-refractivity contribution in [3.05, 3.63) is 71.0 Å². The molecule has 9 heteroatoms. The fourth-order valence-electron chi connectivity index (χ4n) is 4.12. The summed E-state index contributed by atoms with van der Waals surface area (Å²) in [6.07, 6.45) is 2.12. The van der Waals surface area contributed by atoms with Crippen LogP contribution in [0.1, 0.15) is 12.5 Å². The molecule has 1 aliphatic rings. The zero-order valence-corrected chi connectivity index (χ0v) is 16.6. The van der Waals surface area contributed by atoms with Crippen molar-refractivity contribution < 1.29 is 9.66 Å². The minimum Gasteiger partial charge on any atom is -0.457 e. The number of fused-ring (bicyclic) bond motifs is 1. The van der Waals surface area contributed by atoms with Crippen molar-refractivity contribution in [1.29, 1.82) is 0 Å². The van der Waals surface area contributed by atoms with Crippen LogP contribution in [0.25, 0.3) is 22.2 Å². The van der Waals surface area contributed by atoms with Crippen LogP contribution in [0.2, 0.25) is 0 Å². The normalized spacial score (nSPS) is 15.9. The summed E-state index contributed by atoms with van der Waals surface area (Å²) in [6.45, 7) is 1.43. The first kappa shape index (κ1) is 19.0. The molecule has 0 radical (unpaired) electrons. The van der Waals surface area contributed by atoms with E-state index in [1.54, 1.807) is 28.8 Å². The van der Waals surface area contributed by atoms with Gasteiger partial charge in [0, 0.05) is 13.0 Å². The molecule has 0 saturated carbocycles. The van der Waals surface area contributed by atoms with Crippen molar-refractivity contribution in [2.24, 2.45) is 0 Å². The maximum Gasteiger partial charge on any atom is 0.333 e. The van der Waals surface area contributed by atoms with Crippen LogP contribution in [-0.2, 0) is 0 Å². The van der Waals surface area contributed by atoms with E-state index in [9.17, 15) is 10.1 Å². The Kier molecular flexibility index (Phi) is 4.72. The predicted octanol–water partition coefficient (Wildman–Crippen LogP) is 3.92. The van der Waals surface area contributed by atoms with Gasteiger partial charge in [-0.05, 0) is 41.3 Å². The lowest BCUT2D eigenvalue weighted by Gasteiger charge is -2.10. The van der Waals surface area contributed by atoms with Gasteiger partial charge < -0.3 is 25.9 Å². The first-order valence-corrected chi connectivity index (χ1v) is 9.96. The maximum absolute atomic E-state index is 12.2. The number of nitro groups is 1. The molecule has 3 heterocycles. The first-order chi connectivity index (χ1) is 15.1. The average Bonchev–Trinajstić information content (AvgIpc) is 3.41. The smallest absolute Gasteiger partial charge is 0.333 e. The Bertz CT molecular complexity index is 1250. The standard InChI is InChI=1S/C22H20N6O3/c23-20-19-18(14-6-8-17(9-7-14)31-16-4-2-1-3-5-16)22(28(29)30)27(15-10-11-24-12-15)21(19)26-13-25-20/h1-9,13,15,24H,10-12H2,(H2,23,25,26)/t15-/m1/s1. The molecule has 4 aromatic rings. The molecular weight excluding hydrogens is 396 g/mol. The number of nitrogens with two attached hydrogens (primary N) is 1. The molecule has 156 valence electrons. The molecule has 3 N–H and O–H groups in total. The minimum atomic E-state index is -0.358. The number of nitrogens with zero attached hydrogens (tertiary/aromatic N) is 4. The van der Waals surface area contributed by atoms with E-state index in [1.807, 2.05) is 30.3 Å². The average molecular weight is 416 g/mol. The Morgan fingerprint density at radius 1 is 1.10 bits per heavy atom. The molecule has 9 nitrogen and oxygen atoms in total. The highest BCUT2D eigenvalue weighted by atomic mass is 16.6. The Labute approximate surface area is 177 Å². The van der Waals surface area contributed by atoms with Gasteiger partial charge in [-0.3, -0.25) is 0 Å². The number of rotatable bonds is 5. The van der Waals surface area contributed by atoms with E-state index < -0.39 is 0 Å². The summed E-state index contributed by atoms with van der Waals surface area (Å²) in [5, 5.41) is 16.0.